The zero-order valence-electron chi connectivity index (χ0n) is 11.5. The molecule has 1 atom stereocenters. The smallest absolute Gasteiger partial charge is 0.311 e. The maximum atomic E-state index is 12.4. The maximum absolute atomic E-state index is 12.4. The fraction of sp³-hybridized carbons (Fsp3) is 0.500. The summed E-state index contributed by atoms with van der Waals surface area (Å²) < 4.78 is 0. The van der Waals surface area contributed by atoms with E-state index in [0.717, 1.165) is 0 Å². The van der Waals surface area contributed by atoms with Gasteiger partial charge in [0.05, 0.1) is 16.0 Å². The molecule has 1 aliphatic rings. The van der Waals surface area contributed by atoms with Crippen LogP contribution < -0.4 is 0 Å². The number of likely N-dealkylation sites (tertiary alicyclic amines) is 1. The average Bonchev–Trinajstić information content (AvgIpc) is 2.85. The summed E-state index contributed by atoms with van der Waals surface area (Å²) in [5.74, 6) is -1.12. The number of hydrogen-bond donors (Lipinski definition) is 1. The van der Waals surface area contributed by atoms with Crippen LogP contribution in [-0.2, 0) is 4.79 Å². The quantitative estimate of drug-likeness (QED) is 0.929. The summed E-state index contributed by atoms with van der Waals surface area (Å²) >= 11 is 5.97. The molecule has 1 amide bonds. The predicted molar refractivity (Wildman–Crippen MR) is 74.7 cm³/mol. The average molecular weight is 297 g/mol. The summed E-state index contributed by atoms with van der Waals surface area (Å²) in [6.45, 7) is 4.41. The van der Waals surface area contributed by atoms with Gasteiger partial charge in [0, 0.05) is 25.5 Å². The van der Waals surface area contributed by atoms with Crippen molar-refractivity contribution in [3.8, 4) is 0 Å². The van der Waals surface area contributed by atoms with Gasteiger partial charge in [-0.3, -0.25) is 14.6 Å². The standard InChI is InChI=1S/C14H17ClN2O3/c1-9(2)14(13(19)20)4-6-17(8-14)12(18)10-3-5-16-7-11(10)15/h3,5,7,9H,4,6,8H2,1-2H3,(H,19,20). The molecule has 5 nitrogen and oxygen atoms in total. The Morgan fingerprint density at radius 1 is 1.50 bits per heavy atom. The van der Waals surface area contributed by atoms with E-state index in [2.05, 4.69) is 4.98 Å². The molecule has 0 bridgehead atoms. The van der Waals surface area contributed by atoms with Gasteiger partial charge in [-0.15, -0.1) is 0 Å². The number of hydrogen-bond acceptors (Lipinski definition) is 3. The molecular formula is C14H17ClN2O3. The van der Waals surface area contributed by atoms with Gasteiger partial charge in [-0.1, -0.05) is 25.4 Å². The Labute approximate surface area is 122 Å². The van der Waals surface area contributed by atoms with E-state index in [9.17, 15) is 14.7 Å². The van der Waals surface area contributed by atoms with Gasteiger partial charge in [0.1, 0.15) is 0 Å². The van der Waals surface area contributed by atoms with Crippen molar-refractivity contribution in [2.45, 2.75) is 20.3 Å². The lowest BCUT2D eigenvalue weighted by Gasteiger charge is -2.28. The number of rotatable bonds is 3. The largest absolute Gasteiger partial charge is 0.481 e. The number of halogens is 1. The summed E-state index contributed by atoms with van der Waals surface area (Å²) in [6.07, 6.45) is 3.38. The first-order valence-corrected chi connectivity index (χ1v) is 6.88. The number of aromatic nitrogens is 1. The van der Waals surface area contributed by atoms with E-state index in [-0.39, 0.29) is 23.4 Å². The van der Waals surface area contributed by atoms with Crippen LogP contribution >= 0.6 is 11.6 Å². The van der Waals surface area contributed by atoms with Gasteiger partial charge in [0.25, 0.3) is 5.91 Å². The van der Waals surface area contributed by atoms with Crippen LogP contribution in [0.2, 0.25) is 5.02 Å². The summed E-state index contributed by atoms with van der Waals surface area (Å²) in [6, 6.07) is 1.56. The zero-order chi connectivity index (χ0) is 14.9. The topological polar surface area (TPSA) is 70.5 Å². The van der Waals surface area contributed by atoms with Gasteiger partial charge < -0.3 is 10.0 Å². The molecule has 1 unspecified atom stereocenters. The lowest BCUT2D eigenvalue weighted by molar-refractivity contribution is -0.150. The number of carboxylic acids is 1. The van der Waals surface area contributed by atoms with Crippen molar-refractivity contribution in [1.29, 1.82) is 0 Å². The Bertz CT molecular complexity index is 547. The molecule has 2 heterocycles. The van der Waals surface area contributed by atoms with Gasteiger partial charge in [-0.05, 0) is 18.4 Å². The molecule has 1 aliphatic heterocycles. The molecule has 1 aromatic rings. The molecular weight excluding hydrogens is 280 g/mol. The highest BCUT2D eigenvalue weighted by Crippen LogP contribution is 2.38. The second-order valence-corrected chi connectivity index (χ2v) is 5.86. The minimum atomic E-state index is -0.866. The minimum Gasteiger partial charge on any atom is -0.481 e. The highest BCUT2D eigenvalue weighted by molar-refractivity contribution is 6.33. The van der Waals surface area contributed by atoms with Crippen molar-refractivity contribution in [3.63, 3.8) is 0 Å². The van der Waals surface area contributed by atoms with E-state index >= 15 is 0 Å². The number of carbonyl (C=O) groups excluding carboxylic acids is 1. The Hall–Kier alpha value is -1.62. The third-order valence-electron chi connectivity index (χ3n) is 4.12. The second-order valence-electron chi connectivity index (χ2n) is 5.45. The van der Waals surface area contributed by atoms with E-state index in [0.29, 0.717) is 18.5 Å². The van der Waals surface area contributed by atoms with Crippen LogP contribution in [0.4, 0.5) is 0 Å². The zero-order valence-corrected chi connectivity index (χ0v) is 12.2. The number of carbonyl (C=O) groups is 2. The summed E-state index contributed by atoms with van der Waals surface area (Å²) in [7, 11) is 0. The Morgan fingerprint density at radius 3 is 2.70 bits per heavy atom. The van der Waals surface area contributed by atoms with Gasteiger partial charge in [-0.2, -0.15) is 0 Å². The van der Waals surface area contributed by atoms with Crippen LogP contribution in [0.3, 0.4) is 0 Å². The minimum absolute atomic E-state index is 0.0364. The molecule has 1 aromatic heterocycles. The molecule has 20 heavy (non-hydrogen) atoms. The van der Waals surface area contributed by atoms with Crippen LogP contribution in [0.1, 0.15) is 30.6 Å². The second kappa shape index (κ2) is 5.40. The van der Waals surface area contributed by atoms with Crippen molar-refractivity contribution in [3.05, 3.63) is 29.0 Å². The fourth-order valence-corrected chi connectivity index (χ4v) is 2.82. The number of amides is 1. The van der Waals surface area contributed by atoms with Gasteiger partial charge in [0.15, 0.2) is 0 Å². The highest BCUT2D eigenvalue weighted by atomic mass is 35.5. The van der Waals surface area contributed by atoms with Crippen molar-refractivity contribution in [2.24, 2.45) is 11.3 Å². The van der Waals surface area contributed by atoms with Crippen molar-refractivity contribution >= 4 is 23.5 Å². The molecule has 0 saturated carbocycles. The molecule has 108 valence electrons. The molecule has 0 aromatic carbocycles. The van der Waals surface area contributed by atoms with Gasteiger partial charge >= 0.3 is 5.97 Å². The fourth-order valence-electron chi connectivity index (χ4n) is 2.62. The first-order valence-electron chi connectivity index (χ1n) is 6.50. The molecule has 6 heteroatoms. The molecule has 1 N–H and O–H groups in total. The van der Waals surface area contributed by atoms with Crippen molar-refractivity contribution < 1.29 is 14.7 Å². The molecule has 0 radical (unpaired) electrons. The van der Waals surface area contributed by atoms with Crippen LogP contribution in [0.25, 0.3) is 0 Å². The third-order valence-corrected chi connectivity index (χ3v) is 4.42. The summed E-state index contributed by atoms with van der Waals surface area (Å²) in [4.78, 5) is 29.4. The van der Waals surface area contributed by atoms with Crippen LogP contribution in [-0.4, -0.2) is 40.0 Å². The van der Waals surface area contributed by atoms with Crippen molar-refractivity contribution in [1.82, 2.24) is 9.88 Å². The number of nitrogens with zero attached hydrogens (tertiary/aromatic N) is 2. The van der Waals surface area contributed by atoms with E-state index in [1.807, 2.05) is 13.8 Å². The van der Waals surface area contributed by atoms with Gasteiger partial charge in [0.2, 0.25) is 0 Å². The third kappa shape index (κ3) is 2.38. The molecule has 2 rings (SSSR count). The van der Waals surface area contributed by atoms with Gasteiger partial charge in [-0.25, -0.2) is 0 Å². The number of pyridine rings is 1. The van der Waals surface area contributed by atoms with E-state index in [1.54, 1.807) is 11.0 Å². The van der Waals surface area contributed by atoms with Crippen LogP contribution in [0, 0.1) is 11.3 Å². The monoisotopic (exact) mass is 296 g/mol. The van der Waals surface area contributed by atoms with Crippen LogP contribution in [0.5, 0.6) is 0 Å². The van der Waals surface area contributed by atoms with E-state index in [4.69, 9.17) is 11.6 Å². The van der Waals surface area contributed by atoms with Crippen LogP contribution in [0.15, 0.2) is 18.5 Å². The Balaban J connectivity index is 2.23. The first-order chi connectivity index (χ1) is 9.38. The lowest BCUT2D eigenvalue weighted by Crippen LogP contribution is -2.40. The maximum Gasteiger partial charge on any atom is 0.311 e. The highest BCUT2D eigenvalue weighted by Gasteiger charge is 2.48. The normalized spacial score (nSPS) is 22.3. The predicted octanol–water partition coefficient (Wildman–Crippen LogP) is 2.31. The Kier molecular flexibility index (Phi) is 3.99. The summed E-state index contributed by atoms with van der Waals surface area (Å²) in [5, 5.41) is 9.77. The molecule has 0 aliphatic carbocycles. The first kappa shape index (κ1) is 14.8. The number of carboxylic acid groups (broad SMARTS) is 1. The Morgan fingerprint density at radius 2 is 2.20 bits per heavy atom. The van der Waals surface area contributed by atoms with E-state index in [1.165, 1.54) is 12.4 Å². The van der Waals surface area contributed by atoms with Crippen molar-refractivity contribution in [2.75, 3.05) is 13.1 Å². The molecule has 1 fully saturated rings. The summed E-state index contributed by atoms with van der Waals surface area (Å²) in [5.41, 5.74) is -0.499. The van der Waals surface area contributed by atoms with E-state index < -0.39 is 11.4 Å². The molecule has 1 saturated heterocycles. The lowest BCUT2D eigenvalue weighted by atomic mass is 9.76. The SMILES string of the molecule is CC(C)C1(C(=O)O)CCN(C(=O)c2ccncc2Cl)C1. The molecule has 0 spiro atoms. The number of aliphatic carboxylic acids is 1.